The topological polar surface area (TPSA) is 88.4 Å². The van der Waals surface area contributed by atoms with Crippen LogP contribution in [0.25, 0.3) is 16.9 Å². The number of benzene rings is 2. The van der Waals surface area contributed by atoms with Crippen LogP contribution in [0.3, 0.4) is 0 Å². The number of aromatic nitrogens is 3. The minimum atomic E-state index is -3.60. The quantitative estimate of drug-likeness (QED) is 0.309. The molecule has 2 radical (unpaired) electrons. The summed E-state index contributed by atoms with van der Waals surface area (Å²) in [6.07, 6.45) is 2.37. The van der Waals surface area contributed by atoms with Gasteiger partial charge in [0, 0.05) is 35.9 Å². The Morgan fingerprint density at radius 3 is 2.56 bits per heavy atom. The molecule has 0 saturated carbocycles. The second kappa shape index (κ2) is 9.32. The molecule has 0 atom stereocenters. The molecule has 0 aliphatic carbocycles. The fraction of sp³-hybridized carbons (Fsp3) is 0.182. The van der Waals surface area contributed by atoms with Gasteiger partial charge < -0.3 is 5.32 Å². The Balaban J connectivity index is 1.51. The van der Waals surface area contributed by atoms with Crippen molar-refractivity contribution in [3.05, 3.63) is 71.4 Å². The highest BCUT2D eigenvalue weighted by molar-refractivity contribution is 7.89. The molecule has 2 aromatic heterocycles. The highest BCUT2D eigenvalue weighted by atomic mass is 35.5. The van der Waals surface area contributed by atoms with E-state index >= 15 is 0 Å². The molecular formula is C22H21BClN5O2S. The average Bonchev–Trinajstić information content (AvgIpc) is 3.18. The van der Waals surface area contributed by atoms with E-state index in [9.17, 15) is 8.42 Å². The van der Waals surface area contributed by atoms with Crippen molar-refractivity contribution in [3.63, 3.8) is 0 Å². The first-order valence-corrected chi connectivity index (χ1v) is 12.0. The highest BCUT2D eigenvalue weighted by Crippen LogP contribution is 2.28. The van der Waals surface area contributed by atoms with Crippen molar-refractivity contribution in [1.82, 2.24) is 19.3 Å². The number of aryl methyl sites for hydroxylation is 1. The fourth-order valence-corrected chi connectivity index (χ4v) is 4.54. The molecule has 4 rings (SSSR count). The van der Waals surface area contributed by atoms with Crippen molar-refractivity contribution >= 4 is 46.4 Å². The van der Waals surface area contributed by atoms with Gasteiger partial charge in [0.1, 0.15) is 13.7 Å². The zero-order valence-corrected chi connectivity index (χ0v) is 19.0. The maximum Gasteiger partial charge on any atom is 0.240 e. The first-order valence-electron chi connectivity index (χ1n) is 10.1. The molecule has 2 N–H and O–H groups in total. The van der Waals surface area contributed by atoms with E-state index in [1.54, 1.807) is 28.8 Å². The molecular weight excluding hydrogens is 445 g/mol. The van der Waals surface area contributed by atoms with E-state index in [-0.39, 0.29) is 11.4 Å². The molecule has 0 aliphatic heterocycles. The second-order valence-corrected chi connectivity index (χ2v) is 9.34. The number of hydrogen-bond donors (Lipinski definition) is 2. The van der Waals surface area contributed by atoms with Crippen LogP contribution in [-0.2, 0) is 16.4 Å². The molecule has 0 saturated heterocycles. The van der Waals surface area contributed by atoms with Gasteiger partial charge in [0.15, 0.2) is 5.65 Å². The molecule has 7 nitrogen and oxygen atoms in total. The molecule has 0 unspecified atom stereocenters. The summed E-state index contributed by atoms with van der Waals surface area (Å²) in [7, 11) is 2.43. The molecule has 4 aromatic rings. The minimum absolute atomic E-state index is 0.180. The number of anilines is 1. The third-order valence-corrected chi connectivity index (χ3v) is 6.82. The van der Waals surface area contributed by atoms with Gasteiger partial charge in [-0.2, -0.15) is 9.61 Å². The number of fused-ring (bicyclic) bond motifs is 1. The van der Waals surface area contributed by atoms with Gasteiger partial charge in [-0.3, -0.25) is 0 Å². The lowest BCUT2D eigenvalue weighted by molar-refractivity contribution is 0.583. The Morgan fingerprint density at radius 2 is 1.84 bits per heavy atom. The second-order valence-electron chi connectivity index (χ2n) is 7.16. The SMILES string of the molecule is [B]c1cnn2c(NCCNS(=O)(=O)c3ccc(CC)cc3)cc(-c3ccccc3Cl)nc12. The summed E-state index contributed by atoms with van der Waals surface area (Å²) < 4.78 is 29.3. The van der Waals surface area contributed by atoms with Crippen molar-refractivity contribution < 1.29 is 8.42 Å². The van der Waals surface area contributed by atoms with E-state index in [0.717, 1.165) is 17.5 Å². The van der Waals surface area contributed by atoms with E-state index in [0.29, 0.717) is 34.2 Å². The lowest BCUT2D eigenvalue weighted by Crippen LogP contribution is -2.29. The van der Waals surface area contributed by atoms with Crippen molar-refractivity contribution in [3.8, 4) is 11.3 Å². The molecule has 2 aromatic carbocycles. The van der Waals surface area contributed by atoms with E-state index < -0.39 is 10.0 Å². The molecule has 0 aliphatic rings. The summed E-state index contributed by atoms with van der Waals surface area (Å²) in [6.45, 7) is 2.53. The van der Waals surface area contributed by atoms with E-state index in [4.69, 9.17) is 19.4 Å². The predicted octanol–water partition coefficient (Wildman–Crippen LogP) is 2.80. The summed E-state index contributed by atoms with van der Waals surface area (Å²) in [5.41, 5.74) is 3.39. The molecule has 10 heteroatoms. The summed E-state index contributed by atoms with van der Waals surface area (Å²) in [5.74, 6) is 0.619. The largest absolute Gasteiger partial charge is 0.369 e. The van der Waals surface area contributed by atoms with Crippen LogP contribution in [0.5, 0.6) is 0 Å². The third-order valence-electron chi connectivity index (χ3n) is 5.01. The molecule has 162 valence electrons. The molecule has 2 heterocycles. The number of nitrogens with zero attached hydrogens (tertiary/aromatic N) is 3. The Kier molecular flexibility index (Phi) is 6.50. The standard InChI is InChI=1S/C22H21BClN5O2S/c1-2-15-7-9-16(10-8-15)32(30,31)27-12-11-25-21-13-20(17-5-3-4-6-19(17)24)28-22-18(23)14-26-29(21)22/h3-10,13-14,25,27H,2,11-12H2,1H3. The normalized spacial score (nSPS) is 11.7. The first-order chi connectivity index (χ1) is 15.4. The zero-order valence-electron chi connectivity index (χ0n) is 17.4. The molecule has 0 spiro atoms. The van der Waals surface area contributed by atoms with Gasteiger partial charge in [-0.1, -0.05) is 48.9 Å². The summed E-state index contributed by atoms with van der Waals surface area (Å²) >= 11 is 6.34. The number of hydrogen-bond acceptors (Lipinski definition) is 5. The van der Waals surface area contributed by atoms with Gasteiger partial charge >= 0.3 is 0 Å². The predicted molar refractivity (Wildman–Crippen MR) is 128 cm³/mol. The van der Waals surface area contributed by atoms with Gasteiger partial charge in [-0.25, -0.2) is 18.1 Å². The molecule has 0 amide bonds. The maximum absolute atomic E-state index is 12.5. The van der Waals surface area contributed by atoms with Gasteiger partial charge in [0.25, 0.3) is 0 Å². The van der Waals surface area contributed by atoms with Crippen molar-refractivity contribution in [1.29, 1.82) is 0 Å². The lowest BCUT2D eigenvalue weighted by atomic mass is 10.0. The van der Waals surface area contributed by atoms with E-state index in [1.165, 1.54) is 6.20 Å². The number of rotatable bonds is 8. The Hall–Kier alpha value is -2.88. The smallest absolute Gasteiger partial charge is 0.240 e. The van der Waals surface area contributed by atoms with Crippen LogP contribution < -0.4 is 15.5 Å². The summed E-state index contributed by atoms with van der Waals surface area (Å²) in [4.78, 5) is 4.83. The maximum atomic E-state index is 12.5. The van der Waals surface area contributed by atoms with Crippen LogP contribution in [0.4, 0.5) is 5.82 Å². The van der Waals surface area contributed by atoms with E-state index in [2.05, 4.69) is 20.1 Å². The summed E-state index contributed by atoms with van der Waals surface area (Å²) in [5, 5.41) is 8.03. The first kappa shape index (κ1) is 22.3. The average molecular weight is 466 g/mol. The van der Waals surface area contributed by atoms with Crippen molar-refractivity contribution in [2.24, 2.45) is 0 Å². The third kappa shape index (κ3) is 4.65. The lowest BCUT2D eigenvalue weighted by Gasteiger charge is -2.12. The van der Waals surface area contributed by atoms with Crippen LogP contribution in [0.15, 0.2) is 65.7 Å². The number of halogens is 1. The Morgan fingerprint density at radius 1 is 1.09 bits per heavy atom. The van der Waals surface area contributed by atoms with Crippen LogP contribution >= 0.6 is 11.6 Å². The van der Waals surface area contributed by atoms with E-state index in [1.807, 2.05) is 37.3 Å². The molecule has 0 fully saturated rings. The molecule has 0 bridgehead atoms. The van der Waals surface area contributed by atoms with Gasteiger partial charge in [0.2, 0.25) is 10.0 Å². The fourth-order valence-electron chi connectivity index (χ4n) is 3.28. The zero-order chi connectivity index (χ0) is 22.7. The van der Waals surface area contributed by atoms with Crippen molar-refractivity contribution in [2.75, 3.05) is 18.4 Å². The minimum Gasteiger partial charge on any atom is -0.369 e. The van der Waals surface area contributed by atoms with Crippen LogP contribution in [0, 0.1) is 0 Å². The van der Waals surface area contributed by atoms with Gasteiger partial charge in [-0.15, -0.1) is 0 Å². The highest BCUT2D eigenvalue weighted by Gasteiger charge is 2.14. The monoisotopic (exact) mass is 465 g/mol. The summed E-state index contributed by atoms with van der Waals surface area (Å²) in [6, 6.07) is 16.1. The van der Waals surface area contributed by atoms with Gasteiger partial charge in [0.05, 0.1) is 10.6 Å². The number of sulfonamides is 1. The molecule has 32 heavy (non-hydrogen) atoms. The van der Waals surface area contributed by atoms with Crippen LogP contribution in [-0.4, -0.2) is 44.0 Å². The number of nitrogens with one attached hydrogen (secondary N) is 2. The van der Waals surface area contributed by atoms with Crippen LogP contribution in [0.1, 0.15) is 12.5 Å². The van der Waals surface area contributed by atoms with Crippen molar-refractivity contribution in [2.45, 2.75) is 18.2 Å². The Bertz CT molecular complexity index is 1360. The Labute approximate surface area is 193 Å². The van der Waals surface area contributed by atoms with Crippen LogP contribution in [0.2, 0.25) is 5.02 Å². The van der Waals surface area contributed by atoms with Gasteiger partial charge in [-0.05, 0) is 35.6 Å².